The number of hydrogen-bond donors (Lipinski definition) is 0. The summed E-state index contributed by atoms with van der Waals surface area (Å²) in [4.78, 5) is 4.37. The van der Waals surface area contributed by atoms with Gasteiger partial charge in [-0.1, -0.05) is 36.3 Å². The van der Waals surface area contributed by atoms with Crippen LogP contribution in [-0.4, -0.2) is 10.1 Å². The van der Waals surface area contributed by atoms with Gasteiger partial charge in [-0.2, -0.15) is 9.71 Å². The minimum absolute atomic E-state index is 0.465. The van der Waals surface area contributed by atoms with E-state index in [9.17, 15) is 5.21 Å². The Balaban J connectivity index is 1.69. The molecule has 0 atom stereocenters. The standard InChI is InChI=1S/C16H15N3O2S/c1-2-12-6-8-13(9-7-12)16-17-14(21-18-16)11-22-15-5-3-4-10-19(15)20/h3-10H,2,11H2,1H3. The summed E-state index contributed by atoms with van der Waals surface area (Å²) in [6.45, 7) is 2.12. The first-order chi connectivity index (χ1) is 10.8. The molecule has 0 aliphatic heterocycles. The highest BCUT2D eigenvalue weighted by atomic mass is 32.2. The molecule has 112 valence electrons. The quantitative estimate of drug-likeness (QED) is 0.411. The van der Waals surface area contributed by atoms with E-state index < -0.39 is 0 Å². The van der Waals surface area contributed by atoms with Gasteiger partial charge < -0.3 is 9.73 Å². The molecule has 0 aliphatic rings. The van der Waals surface area contributed by atoms with Crippen LogP contribution < -0.4 is 4.73 Å². The Labute approximate surface area is 132 Å². The van der Waals surface area contributed by atoms with E-state index in [-0.39, 0.29) is 0 Å². The summed E-state index contributed by atoms with van der Waals surface area (Å²) >= 11 is 1.37. The van der Waals surface area contributed by atoms with Gasteiger partial charge in [0.25, 0.3) is 5.03 Å². The third-order valence-electron chi connectivity index (χ3n) is 3.22. The third kappa shape index (κ3) is 3.28. The van der Waals surface area contributed by atoms with E-state index >= 15 is 0 Å². The zero-order chi connectivity index (χ0) is 15.4. The van der Waals surface area contributed by atoms with Gasteiger partial charge in [-0.15, -0.1) is 0 Å². The fraction of sp³-hybridized carbons (Fsp3) is 0.188. The molecule has 2 aromatic heterocycles. The maximum Gasteiger partial charge on any atom is 0.251 e. The number of pyridine rings is 1. The van der Waals surface area contributed by atoms with Crippen LogP contribution in [0.2, 0.25) is 0 Å². The molecule has 2 heterocycles. The van der Waals surface area contributed by atoms with Crippen molar-refractivity contribution in [2.75, 3.05) is 0 Å². The van der Waals surface area contributed by atoms with Gasteiger partial charge in [-0.25, -0.2) is 0 Å². The lowest BCUT2D eigenvalue weighted by atomic mass is 10.1. The molecule has 0 spiro atoms. The zero-order valence-electron chi connectivity index (χ0n) is 12.1. The molecule has 6 heteroatoms. The van der Waals surface area contributed by atoms with Crippen molar-refractivity contribution in [3.8, 4) is 11.4 Å². The lowest BCUT2D eigenvalue weighted by molar-refractivity contribution is -0.645. The minimum Gasteiger partial charge on any atom is -0.618 e. The minimum atomic E-state index is 0.465. The molecular weight excluding hydrogens is 298 g/mol. The van der Waals surface area contributed by atoms with Gasteiger partial charge in [0, 0.05) is 17.7 Å². The third-order valence-corrected chi connectivity index (χ3v) is 4.22. The van der Waals surface area contributed by atoms with Crippen molar-refractivity contribution in [1.82, 2.24) is 10.1 Å². The molecule has 0 aliphatic carbocycles. The van der Waals surface area contributed by atoms with Crippen molar-refractivity contribution in [2.45, 2.75) is 24.1 Å². The largest absolute Gasteiger partial charge is 0.618 e. The van der Waals surface area contributed by atoms with Crippen LogP contribution in [-0.2, 0) is 12.2 Å². The summed E-state index contributed by atoms with van der Waals surface area (Å²) in [6, 6.07) is 13.4. The smallest absolute Gasteiger partial charge is 0.251 e. The average Bonchev–Trinajstić information content (AvgIpc) is 3.03. The lowest BCUT2D eigenvalue weighted by Gasteiger charge is -2.00. The zero-order valence-corrected chi connectivity index (χ0v) is 12.9. The Hall–Kier alpha value is -2.34. The number of aromatic nitrogens is 3. The Morgan fingerprint density at radius 2 is 2.00 bits per heavy atom. The van der Waals surface area contributed by atoms with Crippen molar-refractivity contribution < 1.29 is 9.25 Å². The predicted molar refractivity (Wildman–Crippen MR) is 84.1 cm³/mol. The summed E-state index contributed by atoms with van der Waals surface area (Å²) in [5.41, 5.74) is 2.20. The van der Waals surface area contributed by atoms with Crippen LogP contribution in [0.1, 0.15) is 18.4 Å². The summed E-state index contributed by atoms with van der Waals surface area (Å²) in [6.07, 6.45) is 2.47. The highest BCUT2D eigenvalue weighted by Gasteiger charge is 2.11. The van der Waals surface area contributed by atoms with Gasteiger partial charge in [0.2, 0.25) is 11.7 Å². The van der Waals surface area contributed by atoms with Crippen LogP contribution in [0.5, 0.6) is 0 Å². The summed E-state index contributed by atoms with van der Waals surface area (Å²) in [5.74, 6) is 1.54. The molecule has 5 nitrogen and oxygen atoms in total. The molecule has 0 saturated carbocycles. The van der Waals surface area contributed by atoms with Crippen LogP contribution >= 0.6 is 11.8 Å². The predicted octanol–water partition coefficient (Wildman–Crippen LogP) is 3.22. The maximum absolute atomic E-state index is 11.6. The van der Waals surface area contributed by atoms with Crippen LogP contribution in [0.25, 0.3) is 11.4 Å². The van der Waals surface area contributed by atoms with Crippen molar-refractivity contribution in [3.05, 3.63) is 65.3 Å². The van der Waals surface area contributed by atoms with Crippen LogP contribution in [0.15, 0.2) is 58.2 Å². The molecular formula is C16H15N3O2S. The van der Waals surface area contributed by atoms with Crippen LogP contribution in [0.4, 0.5) is 0 Å². The summed E-state index contributed by atoms with van der Waals surface area (Å²) in [5, 5.41) is 16.2. The second kappa shape index (κ2) is 6.62. The van der Waals surface area contributed by atoms with Gasteiger partial charge in [-0.05, 0) is 29.8 Å². The van der Waals surface area contributed by atoms with Crippen LogP contribution in [0.3, 0.4) is 0 Å². The van der Waals surface area contributed by atoms with Gasteiger partial charge in [0.05, 0.1) is 5.75 Å². The topological polar surface area (TPSA) is 65.9 Å². The van der Waals surface area contributed by atoms with E-state index in [4.69, 9.17) is 4.52 Å². The maximum atomic E-state index is 11.6. The first-order valence-electron chi connectivity index (χ1n) is 6.99. The number of rotatable bonds is 5. The fourth-order valence-corrected chi connectivity index (χ4v) is 2.73. The SMILES string of the molecule is CCc1ccc(-c2noc(CSc3cccc[n+]3[O-])n2)cc1. The molecule has 0 radical (unpaired) electrons. The van der Waals surface area contributed by atoms with E-state index in [1.54, 1.807) is 12.1 Å². The number of thioether (sulfide) groups is 1. The molecule has 1 aromatic carbocycles. The van der Waals surface area contributed by atoms with Crippen molar-refractivity contribution >= 4 is 11.8 Å². The molecule has 3 rings (SSSR count). The molecule has 0 unspecified atom stereocenters. The molecule has 0 amide bonds. The Morgan fingerprint density at radius 3 is 2.73 bits per heavy atom. The molecule has 0 bridgehead atoms. The highest BCUT2D eigenvalue weighted by Crippen LogP contribution is 2.21. The second-order valence-electron chi connectivity index (χ2n) is 4.72. The molecule has 3 aromatic rings. The first kappa shape index (κ1) is 14.6. The first-order valence-corrected chi connectivity index (χ1v) is 7.97. The normalized spacial score (nSPS) is 10.8. The monoisotopic (exact) mass is 313 g/mol. The van der Waals surface area contributed by atoms with Crippen molar-refractivity contribution in [1.29, 1.82) is 0 Å². The van der Waals surface area contributed by atoms with Crippen molar-refractivity contribution in [3.63, 3.8) is 0 Å². The van der Waals surface area contributed by atoms with Crippen LogP contribution in [0, 0.1) is 5.21 Å². The fourth-order valence-electron chi connectivity index (χ4n) is 1.98. The Kier molecular flexibility index (Phi) is 4.39. The lowest BCUT2D eigenvalue weighted by Crippen LogP contribution is -2.27. The number of hydrogen-bond acceptors (Lipinski definition) is 5. The van der Waals surface area contributed by atoms with E-state index in [0.29, 0.717) is 22.5 Å². The van der Waals surface area contributed by atoms with E-state index in [1.165, 1.54) is 23.5 Å². The molecule has 0 fully saturated rings. The van der Waals surface area contributed by atoms with E-state index in [2.05, 4.69) is 29.2 Å². The Morgan fingerprint density at radius 1 is 1.18 bits per heavy atom. The highest BCUT2D eigenvalue weighted by molar-refractivity contribution is 7.98. The van der Waals surface area contributed by atoms with E-state index in [1.807, 2.05) is 18.2 Å². The second-order valence-corrected chi connectivity index (χ2v) is 5.71. The summed E-state index contributed by atoms with van der Waals surface area (Å²) < 4.78 is 6.07. The van der Waals surface area contributed by atoms with E-state index in [0.717, 1.165) is 16.7 Å². The van der Waals surface area contributed by atoms with Gasteiger partial charge in [0.15, 0.2) is 6.20 Å². The number of nitrogens with zero attached hydrogens (tertiary/aromatic N) is 3. The van der Waals surface area contributed by atoms with Gasteiger partial charge in [-0.3, -0.25) is 0 Å². The number of aryl methyl sites for hydroxylation is 1. The van der Waals surface area contributed by atoms with Gasteiger partial charge in [0.1, 0.15) is 0 Å². The molecule has 22 heavy (non-hydrogen) atoms. The number of benzene rings is 1. The van der Waals surface area contributed by atoms with Gasteiger partial charge >= 0.3 is 0 Å². The van der Waals surface area contributed by atoms with Crippen molar-refractivity contribution in [2.24, 2.45) is 0 Å². The molecule has 0 saturated heterocycles. The summed E-state index contributed by atoms with van der Waals surface area (Å²) in [7, 11) is 0. The Bertz CT molecular complexity index is 756. The molecule has 0 N–H and O–H groups in total. The average molecular weight is 313 g/mol.